The van der Waals surface area contributed by atoms with Gasteiger partial charge in [0.15, 0.2) is 0 Å². The lowest BCUT2D eigenvalue weighted by Gasteiger charge is -2.27. The van der Waals surface area contributed by atoms with E-state index in [0.717, 1.165) is 95.9 Å². The summed E-state index contributed by atoms with van der Waals surface area (Å²) in [4.78, 5) is 17.6. The maximum absolute atomic E-state index is 9.61. The second-order valence-corrected chi connectivity index (χ2v) is 14.0. The average molecular weight is 700 g/mol. The van der Waals surface area contributed by atoms with Gasteiger partial charge in [-0.3, -0.25) is 19.3 Å². The van der Waals surface area contributed by atoms with Gasteiger partial charge in [-0.15, -0.1) is 0 Å². The van der Waals surface area contributed by atoms with Crippen LogP contribution in [0.2, 0.25) is 10.3 Å². The van der Waals surface area contributed by atoms with Gasteiger partial charge >= 0.3 is 0 Å². The van der Waals surface area contributed by atoms with Gasteiger partial charge in [0.2, 0.25) is 0 Å². The van der Waals surface area contributed by atoms with Crippen LogP contribution in [0, 0.1) is 11.8 Å². The van der Waals surface area contributed by atoms with Crippen molar-refractivity contribution < 1.29 is 9.84 Å². The Morgan fingerprint density at radius 1 is 0.633 bits per heavy atom. The molecule has 0 atom stereocenters. The lowest BCUT2D eigenvalue weighted by molar-refractivity contribution is 0.0536. The van der Waals surface area contributed by atoms with E-state index in [1.54, 1.807) is 12.1 Å². The summed E-state index contributed by atoms with van der Waals surface area (Å²) in [6, 6.07) is 11.3. The number of aromatic nitrogens is 8. The fraction of sp³-hybridized carbons (Fsp3) is 0.405. The zero-order valence-electron chi connectivity index (χ0n) is 27.5. The van der Waals surface area contributed by atoms with Crippen LogP contribution in [0.5, 0.6) is 0 Å². The monoisotopic (exact) mass is 698 g/mol. The molecular weight excluding hydrogens is 659 g/mol. The van der Waals surface area contributed by atoms with Gasteiger partial charge in [-0.1, -0.05) is 23.2 Å². The number of aliphatic hydroxyl groups is 1. The molecule has 2 aliphatic rings. The second-order valence-electron chi connectivity index (χ2n) is 13.2. The molecule has 254 valence electrons. The molecular formula is C37H40Cl2N8O2. The topological polar surface area (TPSA) is 117 Å². The summed E-state index contributed by atoms with van der Waals surface area (Å²) in [6.07, 6.45) is 20.6. The molecule has 2 fully saturated rings. The lowest BCUT2D eigenvalue weighted by Crippen LogP contribution is -2.23. The van der Waals surface area contributed by atoms with E-state index in [-0.39, 0.29) is 6.10 Å². The van der Waals surface area contributed by atoms with Crippen molar-refractivity contribution in [2.75, 3.05) is 7.11 Å². The van der Waals surface area contributed by atoms with E-state index in [9.17, 15) is 5.11 Å². The zero-order valence-corrected chi connectivity index (χ0v) is 29.0. The Kier molecular flexibility index (Phi) is 10.5. The standard InChI is InChI=1S/C19H21ClN4O.C18H19ClN4O/c1-25-16-4-2-13(3-5-16)11-24-12-15(10-22-24)14-8-18-17(21-9-14)6-7-19(20)23-18;19-18-6-5-16-17(22-18)7-13(8-20-16)14-9-21-23(11-14)10-12-1-3-15(24)4-2-12/h6-10,12-13,16H,2-5,11H2,1H3;5-9,11-12,15,24H,1-4,10H2. The minimum atomic E-state index is -0.113. The third-order valence-electron chi connectivity index (χ3n) is 9.77. The zero-order chi connectivity index (χ0) is 33.7. The van der Waals surface area contributed by atoms with Crippen molar-refractivity contribution in [1.29, 1.82) is 0 Å². The molecule has 0 aromatic carbocycles. The van der Waals surface area contributed by atoms with Crippen molar-refractivity contribution in [2.24, 2.45) is 11.8 Å². The lowest BCUT2D eigenvalue weighted by atomic mass is 9.87. The molecule has 6 heterocycles. The summed E-state index contributed by atoms with van der Waals surface area (Å²) in [5.74, 6) is 1.27. The summed E-state index contributed by atoms with van der Waals surface area (Å²) in [6.45, 7) is 1.86. The van der Waals surface area contributed by atoms with Crippen molar-refractivity contribution in [3.05, 3.63) is 83.9 Å². The molecule has 8 rings (SSSR count). The highest BCUT2D eigenvalue weighted by Crippen LogP contribution is 2.29. The Bertz CT molecular complexity index is 2010. The number of pyridine rings is 4. The average Bonchev–Trinajstić information content (AvgIpc) is 3.79. The van der Waals surface area contributed by atoms with Gasteiger partial charge in [0.1, 0.15) is 10.3 Å². The van der Waals surface area contributed by atoms with Crippen LogP contribution < -0.4 is 0 Å². The molecule has 12 heteroatoms. The Morgan fingerprint density at radius 3 is 1.57 bits per heavy atom. The number of rotatable bonds is 7. The minimum absolute atomic E-state index is 0.113. The largest absolute Gasteiger partial charge is 0.393 e. The first-order chi connectivity index (χ1) is 23.9. The normalized spacial score (nSPS) is 21.1. The van der Waals surface area contributed by atoms with E-state index in [0.29, 0.717) is 28.2 Å². The van der Waals surface area contributed by atoms with Gasteiger partial charge in [0.25, 0.3) is 0 Å². The molecule has 49 heavy (non-hydrogen) atoms. The fourth-order valence-electron chi connectivity index (χ4n) is 6.91. The van der Waals surface area contributed by atoms with Crippen LogP contribution in [0.15, 0.2) is 73.6 Å². The number of aliphatic hydroxyl groups excluding tert-OH is 1. The van der Waals surface area contributed by atoms with Crippen LogP contribution in [0.1, 0.15) is 51.4 Å². The van der Waals surface area contributed by atoms with Gasteiger partial charge in [-0.05, 0) is 99.6 Å². The molecule has 0 unspecified atom stereocenters. The highest BCUT2D eigenvalue weighted by molar-refractivity contribution is 6.30. The van der Waals surface area contributed by atoms with Crippen molar-refractivity contribution in [2.45, 2.75) is 76.7 Å². The maximum Gasteiger partial charge on any atom is 0.129 e. The number of fused-ring (bicyclic) bond motifs is 2. The highest BCUT2D eigenvalue weighted by Gasteiger charge is 2.22. The SMILES string of the molecule is COC1CCC(Cn2cc(-c3cnc4ccc(Cl)nc4c3)cn2)CC1.OC1CCC(Cn2cc(-c3cnc4ccc(Cl)nc4c3)cn2)CC1. The van der Waals surface area contributed by atoms with Crippen LogP contribution in [-0.4, -0.2) is 63.9 Å². The van der Waals surface area contributed by atoms with Crippen LogP contribution in [0.25, 0.3) is 44.3 Å². The molecule has 0 bridgehead atoms. The van der Waals surface area contributed by atoms with E-state index in [1.165, 1.54) is 12.8 Å². The van der Waals surface area contributed by atoms with E-state index >= 15 is 0 Å². The molecule has 0 spiro atoms. The molecule has 2 saturated carbocycles. The summed E-state index contributed by atoms with van der Waals surface area (Å²) in [7, 11) is 1.81. The van der Waals surface area contributed by atoms with Gasteiger partial charge in [-0.2, -0.15) is 10.2 Å². The number of hydrogen-bond acceptors (Lipinski definition) is 8. The van der Waals surface area contributed by atoms with Gasteiger partial charge in [0, 0.05) is 67.2 Å². The smallest absolute Gasteiger partial charge is 0.129 e. The van der Waals surface area contributed by atoms with Crippen molar-refractivity contribution in [3.8, 4) is 22.3 Å². The van der Waals surface area contributed by atoms with Crippen LogP contribution >= 0.6 is 23.2 Å². The maximum atomic E-state index is 9.61. The third-order valence-corrected chi connectivity index (χ3v) is 10.2. The van der Waals surface area contributed by atoms with Crippen molar-refractivity contribution in [3.63, 3.8) is 0 Å². The van der Waals surface area contributed by atoms with Crippen LogP contribution in [0.4, 0.5) is 0 Å². The predicted molar refractivity (Wildman–Crippen MR) is 192 cm³/mol. The van der Waals surface area contributed by atoms with Gasteiger partial charge in [0.05, 0.1) is 46.7 Å². The van der Waals surface area contributed by atoms with E-state index < -0.39 is 0 Å². The molecule has 0 aliphatic heterocycles. The quantitative estimate of drug-likeness (QED) is 0.167. The molecule has 0 amide bonds. The molecule has 0 saturated heterocycles. The summed E-state index contributed by atoms with van der Waals surface area (Å²) < 4.78 is 9.49. The minimum Gasteiger partial charge on any atom is -0.393 e. The summed E-state index contributed by atoms with van der Waals surface area (Å²) >= 11 is 12.0. The van der Waals surface area contributed by atoms with Crippen molar-refractivity contribution in [1.82, 2.24) is 39.5 Å². The van der Waals surface area contributed by atoms with Gasteiger partial charge < -0.3 is 9.84 Å². The van der Waals surface area contributed by atoms with E-state index in [1.807, 2.05) is 65.5 Å². The number of halogens is 2. The molecule has 0 radical (unpaired) electrons. The Morgan fingerprint density at radius 2 is 1.10 bits per heavy atom. The summed E-state index contributed by atoms with van der Waals surface area (Å²) in [5, 5.41) is 19.6. The molecule has 10 nitrogen and oxygen atoms in total. The number of nitrogens with zero attached hydrogens (tertiary/aromatic N) is 8. The highest BCUT2D eigenvalue weighted by atomic mass is 35.5. The van der Waals surface area contributed by atoms with Crippen LogP contribution in [-0.2, 0) is 17.8 Å². The number of ether oxygens (including phenoxy) is 1. The molecule has 6 aromatic rings. The number of methoxy groups -OCH3 is 1. The Labute approximate surface area is 295 Å². The third kappa shape index (κ3) is 8.44. The Hall–Kier alpha value is -3.96. The van der Waals surface area contributed by atoms with E-state index in [4.69, 9.17) is 27.9 Å². The Balaban J connectivity index is 0.000000154. The predicted octanol–water partition coefficient (Wildman–Crippen LogP) is 8.05. The first-order valence-electron chi connectivity index (χ1n) is 17.0. The second kappa shape index (κ2) is 15.3. The fourth-order valence-corrected chi connectivity index (χ4v) is 7.22. The number of hydrogen-bond donors (Lipinski definition) is 1. The van der Waals surface area contributed by atoms with E-state index in [2.05, 4.69) is 42.5 Å². The molecule has 2 aliphatic carbocycles. The van der Waals surface area contributed by atoms with Gasteiger partial charge in [-0.25, -0.2) is 9.97 Å². The van der Waals surface area contributed by atoms with Crippen LogP contribution in [0.3, 0.4) is 0 Å². The molecule has 1 N–H and O–H groups in total. The first-order valence-corrected chi connectivity index (χ1v) is 17.7. The first kappa shape index (κ1) is 33.5. The molecule has 6 aromatic heterocycles. The van der Waals surface area contributed by atoms with Crippen molar-refractivity contribution >= 4 is 45.3 Å². The summed E-state index contributed by atoms with van der Waals surface area (Å²) in [5.41, 5.74) is 7.35.